The molecule has 0 aromatic carbocycles. The minimum Gasteiger partial charge on any atom is -0.389 e. The summed E-state index contributed by atoms with van der Waals surface area (Å²) in [7, 11) is 0. The van der Waals surface area contributed by atoms with Gasteiger partial charge in [-0.1, -0.05) is 20.8 Å². The zero-order valence-electron chi connectivity index (χ0n) is 22.3. The van der Waals surface area contributed by atoms with Gasteiger partial charge in [-0.15, -0.1) is 11.3 Å². The molecule has 1 aliphatic rings. The molecule has 0 bridgehead atoms. The Morgan fingerprint density at radius 1 is 1.22 bits per heavy atom. The molecular formula is C26H37F2N5O3S. The maximum absolute atomic E-state index is 14.3. The molecule has 1 saturated heterocycles. The summed E-state index contributed by atoms with van der Waals surface area (Å²) in [5.74, 6) is -0.677. The Kier molecular flexibility index (Phi) is 8.89. The summed E-state index contributed by atoms with van der Waals surface area (Å²) in [5.41, 5.74) is -1.49. The number of hydrogen-bond donors (Lipinski definition) is 3. The number of hydrogen-bond acceptors (Lipinski definition) is 7. The zero-order chi connectivity index (χ0) is 27.5. The SMILES string of the molecule is CC1CCCCN1C(=O)c1nc(C(=O)NCC(C)(C)O)sc1-c1cnc(NCC(C)(C)C)cc1C(F)F. The summed E-state index contributed by atoms with van der Waals surface area (Å²) < 4.78 is 28.5. The van der Waals surface area contributed by atoms with Crippen molar-refractivity contribution in [2.24, 2.45) is 5.41 Å². The zero-order valence-corrected chi connectivity index (χ0v) is 23.1. The topological polar surface area (TPSA) is 107 Å². The van der Waals surface area contributed by atoms with Crippen LogP contribution in [0.3, 0.4) is 0 Å². The van der Waals surface area contributed by atoms with Crippen LogP contribution in [0.1, 0.15) is 93.1 Å². The molecule has 204 valence electrons. The molecule has 3 N–H and O–H groups in total. The summed E-state index contributed by atoms with van der Waals surface area (Å²) in [4.78, 5) is 37.0. The summed E-state index contributed by atoms with van der Waals surface area (Å²) in [6.07, 6.45) is 1.16. The van der Waals surface area contributed by atoms with E-state index in [1.54, 1.807) is 18.7 Å². The van der Waals surface area contributed by atoms with E-state index in [0.717, 1.165) is 30.6 Å². The highest BCUT2D eigenvalue weighted by Gasteiger charge is 2.32. The van der Waals surface area contributed by atoms with Gasteiger partial charge in [-0.05, 0) is 51.5 Å². The van der Waals surface area contributed by atoms with Gasteiger partial charge >= 0.3 is 0 Å². The average molecular weight is 538 g/mol. The Morgan fingerprint density at radius 3 is 2.51 bits per heavy atom. The van der Waals surface area contributed by atoms with Crippen LogP contribution < -0.4 is 10.6 Å². The first-order valence-corrected chi connectivity index (χ1v) is 13.3. The van der Waals surface area contributed by atoms with Crippen LogP contribution >= 0.6 is 11.3 Å². The van der Waals surface area contributed by atoms with Crippen LogP contribution in [0, 0.1) is 5.41 Å². The van der Waals surface area contributed by atoms with E-state index in [2.05, 4.69) is 20.6 Å². The number of carbonyl (C=O) groups is 2. The number of likely N-dealkylation sites (tertiary alicyclic amines) is 1. The van der Waals surface area contributed by atoms with E-state index in [-0.39, 0.29) is 44.7 Å². The van der Waals surface area contributed by atoms with Crippen molar-refractivity contribution in [1.82, 2.24) is 20.2 Å². The Bertz CT molecular complexity index is 1120. The van der Waals surface area contributed by atoms with Crippen molar-refractivity contribution in [2.75, 3.05) is 25.0 Å². The molecule has 11 heteroatoms. The minimum atomic E-state index is -2.83. The van der Waals surface area contributed by atoms with Gasteiger partial charge in [0.15, 0.2) is 5.01 Å². The number of amides is 2. The van der Waals surface area contributed by atoms with Gasteiger partial charge in [0.05, 0.1) is 10.5 Å². The van der Waals surface area contributed by atoms with Crippen molar-refractivity contribution in [3.63, 3.8) is 0 Å². The van der Waals surface area contributed by atoms with E-state index in [1.165, 1.54) is 12.3 Å². The second-order valence-electron chi connectivity index (χ2n) is 11.4. The molecule has 2 aromatic rings. The van der Waals surface area contributed by atoms with Gasteiger partial charge in [0.1, 0.15) is 11.5 Å². The molecule has 0 saturated carbocycles. The molecule has 2 amide bonds. The third-order valence-corrected chi connectivity index (χ3v) is 7.07. The number of anilines is 1. The summed E-state index contributed by atoms with van der Waals surface area (Å²) in [6, 6.07) is 1.26. The third-order valence-electron chi connectivity index (χ3n) is 5.98. The van der Waals surface area contributed by atoms with Crippen LogP contribution in [0.2, 0.25) is 0 Å². The number of carbonyl (C=O) groups excluding carboxylic acids is 2. The van der Waals surface area contributed by atoms with Crippen molar-refractivity contribution < 1.29 is 23.5 Å². The van der Waals surface area contributed by atoms with Gasteiger partial charge in [0, 0.05) is 43.0 Å². The Balaban J connectivity index is 2.06. The fourth-order valence-corrected chi connectivity index (χ4v) is 4.95. The lowest BCUT2D eigenvalue weighted by Gasteiger charge is -2.33. The molecule has 3 heterocycles. The first kappa shape index (κ1) is 28.9. The van der Waals surface area contributed by atoms with Crippen molar-refractivity contribution >= 4 is 29.0 Å². The van der Waals surface area contributed by atoms with Crippen LogP contribution in [0.4, 0.5) is 14.6 Å². The van der Waals surface area contributed by atoms with Gasteiger partial charge in [-0.25, -0.2) is 18.7 Å². The molecule has 8 nitrogen and oxygen atoms in total. The number of nitrogens with zero attached hydrogens (tertiary/aromatic N) is 3. The number of alkyl halides is 2. The highest BCUT2D eigenvalue weighted by atomic mass is 32.1. The smallest absolute Gasteiger partial charge is 0.280 e. The fraction of sp³-hybridized carbons (Fsp3) is 0.615. The van der Waals surface area contributed by atoms with Crippen molar-refractivity contribution in [3.05, 3.63) is 28.5 Å². The number of aliphatic hydroxyl groups is 1. The monoisotopic (exact) mass is 537 g/mol. The molecule has 0 aliphatic carbocycles. The molecule has 1 atom stereocenters. The minimum absolute atomic E-state index is 0.0278. The van der Waals surface area contributed by atoms with Gasteiger partial charge in [-0.3, -0.25) is 9.59 Å². The van der Waals surface area contributed by atoms with Crippen molar-refractivity contribution in [2.45, 2.75) is 78.9 Å². The van der Waals surface area contributed by atoms with Crippen LogP contribution in [0.15, 0.2) is 12.3 Å². The molecule has 3 rings (SSSR count). The van der Waals surface area contributed by atoms with E-state index >= 15 is 0 Å². The lowest BCUT2D eigenvalue weighted by molar-refractivity contribution is 0.0630. The summed E-state index contributed by atoms with van der Waals surface area (Å²) in [5, 5.41) is 15.6. The van der Waals surface area contributed by atoms with Crippen LogP contribution in [-0.2, 0) is 0 Å². The predicted molar refractivity (Wildman–Crippen MR) is 141 cm³/mol. The first-order chi connectivity index (χ1) is 17.2. The van der Waals surface area contributed by atoms with Crippen LogP contribution in [-0.4, -0.2) is 63.1 Å². The van der Waals surface area contributed by atoms with Crippen LogP contribution in [0.5, 0.6) is 0 Å². The summed E-state index contributed by atoms with van der Waals surface area (Å²) in [6.45, 7) is 12.1. The van der Waals surface area contributed by atoms with E-state index in [1.807, 2.05) is 27.7 Å². The standard InChI is InChI=1S/C26H37F2N5O3S/c1-15-9-7-8-10-33(15)24(35)19-20(37-23(32-19)22(34)31-14-26(5,6)36)17-12-29-18(11-16(17)21(27)28)30-13-25(2,3)4/h11-12,15,21,36H,7-10,13-14H2,1-6H3,(H,29,30)(H,31,34). The van der Waals surface area contributed by atoms with Gasteiger partial charge in [-0.2, -0.15) is 0 Å². The Labute approximate surface area is 220 Å². The van der Waals surface area contributed by atoms with E-state index in [4.69, 9.17) is 0 Å². The van der Waals surface area contributed by atoms with Crippen LogP contribution in [0.25, 0.3) is 10.4 Å². The molecule has 0 radical (unpaired) electrons. The Hall–Kier alpha value is -2.66. The third kappa shape index (κ3) is 7.67. The number of halogens is 2. The Morgan fingerprint density at radius 2 is 1.92 bits per heavy atom. The molecule has 37 heavy (non-hydrogen) atoms. The molecular weight excluding hydrogens is 500 g/mol. The van der Waals surface area contributed by atoms with Gasteiger partial charge in [0.2, 0.25) is 0 Å². The fourth-order valence-electron chi connectivity index (χ4n) is 3.95. The maximum Gasteiger partial charge on any atom is 0.280 e. The normalized spacial score (nSPS) is 16.7. The summed E-state index contributed by atoms with van der Waals surface area (Å²) >= 11 is 0.874. The van der Waals surface area contributed by atoms with Gasteiger partial charge < -0.3 is 20.6 Å². The van der Waals surface area contributed by atoms with Crippen molar-refractivity contribution in [3.8, 4) is 10.4 Å². The second-order valence-corrected chi connectivity index (χ2v) is 12.4. The molecule has 1 aliphatic heterocycles. The number of piperidine rings is 1. The highest BCUT2D eigenvalue weighted by molar-refractivity contribution is 7.17. The first-order valence-electron chi connectivity index (χ1n) is 12.5. The number of thiazole rings is 1. The van der Waals surface area contributed by atoms with Gasteiger partial charge in [0.25, 0.3) is 18.2 Å². The second kappa shape index (κ2) is 11.4. The average Bonchev–Trinajstić information content (AvgIpc) is 3.25. The lowest BCUT2D eigenvalue weighted by atomic mass is 9.97. The molecule has 1 unspecified atom stereocenters. The maximum atomic E-state index is 14.3. The quantitative estimate of drug-likeness (QED) is 0.432. The highest BCUT2D eigenvalue weighted by Crippen LogP contribution is 2.38. The van der Waals surface area contributed by atoms with E-state index < -0.39 is 23.8 Å². The molecule has 0 spiro atoms. The number of nitrogens with one attached hydrogen (secondary N) is 2. The van der Waals surface area contributed by atoms with Crippen molar-refractivity contribution in [1.29, 1.82) is 0 Å². The number of aromatic nitrogens is 2. The van der Waals surface area contributed by atoms with E-state index in [9.17, 15) is 23.5 Å². The number of rotatable bonds is 8. The molecule has 1 fully saturated rings. The lowest BCUT2D eigenvalue weighted by Crippen LogP contribution is -2.42. The van der Waals surface area contributed by atoms with E-state index in [0.29, 0.717) is 18.9 Å². The predicted octanol–water partition coefficient (Wildman–Crippen LogP) is 5.12. The largest absolute Gasteiger partial charge is 0.389 e. The molecule has 2 aromatic heterocycles. The number of pyridine rings is 1.